The van der Waals surface area contributed by atoms with Gasteiger partial charge in [-0.05, 0) is 0 Å². The minimum atomic E-state index is -3.90. The predicted molar refractivity (Wildman–Crippen MR) is 63.3 cm³/mol. The lowest BCUT2D eigenvalue weighted by atomic mass is 10.3. The molecule has 1 aliphatic rings. The van der Waals surface area contributed by atoms with Gasteiger partial charge in [0.2, 0.25) is 0 Å². The Labute approximate surface area is 108 Å². The molecule has 106 valence electrons. The molecule has 0 atom stereocenters. The first-order valence-electron chi connectivity index (χ1n) is 5.53. The fraction of sp³-hybridized carbons (Fsp3) is 0.400. The van der Waals surface area contributed by atoms with Crippen molar-refractivity contribution in [2.75, 3.05) is 30.9 Å². The van der Waals surface area contributed by atoms with Crippen LogP contribution in [-0.4, -0.2) is 38.9 Å². The van der Waals surface area contributed by atoms with E-state index >= 15 is 0 Å². The summed E-state index contributed by atoms with van der Waals surface area (Å²) in [6, 6.07) is 1.19. The normalized spacial score (nSPS) is 17.4. The molecule has 19 heavy (non-hydrogen) atoms. The summed E-state index contributed by atoms with van der Waals surface area (Å²) in [7, 11) is -3.90. The van der Waals surface area contributed by atoms with Gasteiger partial charge in [0.1, 0.15) is 0 Å². The average Bonchev–Trinajstić information content (AvgIpc) is 2.36. The van der Waals surface area contributed by atoms with Gasteiger partial charge in [-0.2, -0.15) is 12.7 Å². The lowest BCUT2D eigenvalue weighted by Crippen LogP contribution is -2.48. The van der Waals surface area contributed by atoms with Crippen molar-refractivity contribution in [2.24, 2.45) is 0 Å². The third-order valence-corrected chi connectivity index (χ3v) is 4.19. The minimum absolute atomic E-state index is 0.251. The van der Waals surface area contributed by atoms with Crippen molar-refractivity contribution in [3.05, 3.63) is 29.6 Å². The number of halogens is 3. The van der Waals surface area contributed by atoms with Gasteiger partial charge in [-0.15, -0.1) is 0 Å². The van der Waals surface area contributed by atoms with Crippen molar-refractivity contribution < 1.29 is 21.6 Å². The van der Waals surface area contributed by atoms with Crippen LogP contribution >= 0.6 is 0 Å². The molecule has 1 aromatic rings. The molecule has 9 heteroatoms. The second-order valence-corrected chi connectivity index (χ2v) is 5.68. The first kappa shape index (κ1) is 14.1. The SMILES string of the molecule is O=S(=O)(Nc1cc(F)c(F)c(F)c1)N1CCNCC1. The number of nitrogens with one attached hydrogen (secondary N) is 2. The van der Waals surface area contributed by atoms with Gasteiger partial charge in [0.05, 0.1) is 5.69 Å². The Hall–Kier alpha value is -1.32. The first-order valence-corrected chi connectivity index (χ1v) is 6.97. The summed E-state index contributed by atoms with van der Waals surface area (Å²) in [5, 5.41) is 2.97. The minimum Gasteiger partial charge on any atom is -0.314 e. The maximum atomic E-state index is 13.0. The van der Waals surface area contributed by atoms with Crippen LogP contribution in [0.3, 0.4) is 0 Å². The number of hydrogen-bond donors (Lipinski definition) is 2. The largest absolute Gasteiger partial charge is 0.314 e. The molecule has 2 N–H and O–H groups in total. The van der Waals surface area contributed by atoms with Crippen LogP contribution in [0.5, 0.6) is 0 Å². The molecule has 0 bridgehead atoms. The van der Waals surface area contributed by atoms with Crippen molar-refractivity contribution in [2.45, 2.75) is 0 Å². The van der Waals surface area contributed by atoms with E-state index in [9.17, 15) is 21.6 Å². The zero-order chi connectivity index (χ0) is 14.0. The van der Waals surface area contributed by atoms with Crippen LogP contribution in [0.1, 0.15) is 0 Å². The van der Waals surface area contributed by atoms with Crippen molar-refractivity contribution >= 4 is 15.9 Å². The van der Waals surface area contributed by atoms with Crippen LogP contribution < -0.4 is 10.0 Å². The average molecular weight is 295 g/mol. The van der Waals surface area contributed by atoms with Crippen LogP contribution in [0.25, 0.3) is 0 Å². The van der Waals surface area contributed by atoms with Gasteiger partial charge in [-0.3, -0.25) is 4.72 Å². The summed E-state index contributed by atoms with van der Waals surface area (Å²) in [5.74, 6) is -4.53. The zero-order valence-electron chi connectivity index (χ0n) is 9.79. The van der Waals surface area contributed by atoms with E-state index in [1.165, 1.54) is 0 Å². The Kier molecular flexibility index (Phi) is 3.97. The van der Waals surface area contributed by atoms with E-state index in [0.717, 1.165) is 4.31 Å². The smallest absolute Gasteiger partial charge is 0.301 e. The lowest BCUT2D eigenvalue weighted by molar-refractivity contribution is 0.362. The van der Waals surface area contributed by atoms with E-state index in [0.29, 0.717) is 25.2 Å². The summed E-state index contributed by atoms with van der Waals surface area (Å²) in [4.78, 5) is 0. The maximum Gasteiger partial charge on any atom is 0.301 e. The van der Waals surface area contributed by atoms with E-state index in [-0.39, 0.29) is 18.8 Å². The van der Waals surface area contributed by atoms with Crippen LogP contribution in [0.4, 0.5) is 18.9 Å². The molecule has 1 heterocycles. The van der Waals surface area contributed by atoms with Crippen molar-refractivity contribution in [3.63, 3.8) is 0 Å². The zero-order valence-corrected chi connectivity index (χ0v) is 10.6. The number of anilines is 1. The van der Waals surface area contributed by atoms with Crippen molar-refractivity contribution in [1.82, 2.24) is 9.62 Å². The van der Waals surface area contributed by atoms with Gasteiger partial charge in [0.15, 0.2) is 17.5 Å². The number of benzene rings is 1. The summed E-state index contributed by atoms with van der Waals surface area (Å²) in [5.41, 5.74) is -0.352. The van der Waals surface area contributed by atoms with E-state index in [4.69, 9.17) is 0 Å². The molecule has 0 aromatic heterocycles. The highest BCUT2D eigenvalue weighted by Gasteiger charge is 2.24. The number of hydrogen-bond acceptors (Lipinski definition) is 3. The second kappa shape index (κ2) is 5.35. The second-order valence-electron chi connectivity index (χ2n) is 4.01. The molecule has 0 radical (unpaired) electrons. The van der Waals surface area contributed by atoms with Crippen molar-refractivity contribution in [1.29, 1.82) is 0 Å². The highest BCUT2D eigenvalue weighted by atomic mass is 32.2. The third-order valence-electron chi connectivity index (χ3n) is 2.65. The fourth-order valence-corrected chi connectivity index (χ4v) is 2.92. The number of rotatable bonds is 3. The Morgan fingerprint density at radius 2 is 1.63 bits per heavy atom. The number of nitrogens with zero attached hydrogens (tertiary/aromatic N) is 1. The van der Waals surface area contributed by atoms with Crippen LogP contribution in [0, 0.1) is 17.5 Å². The standard InChI is InChI=1S/C10H12F3N3O2S/c11-8-5-7(6-9(12)10(8)13)15-19(17,18)16-3-1-14-2-4-16/h5-6,14-15H,1-4H2. The molecule has 2 rings (SSSR count). The molecule has 1 saturated heterocycles. The van der Waals surface area contributed by atoms with Gasteiger partial charge in [0.25, 0.3) is 0 Å². The van der Waals surface area contributed by atoms with Crippen LogP contribution in [0.2, 0.25) is 0 Å². The molecule has 0 spiro atoms. The predicted octanol–water partition coefficient (Wildman–Crippen LogP) is 0.666. The van der Waals surface area contributed by atoms with Crippen LogP contribution in [0.15, 0.2) is 12.1 Å². The molecular formula is C10H12F3N3O2S. The van der Waals surface area contributed by atoms with Crippen molar-refractivity contribution in [3.8, 4) is 0 Å². The quantitative estimate of drug-likeness (QED) is 0.806. The molecule has 1 aliphatic heterocycles. The lowest BCUT2D eigenvalue weighted by Gasteiger charge is -2.26. The summed E-state index contributed by atoms with van der Waals surface area (Å²) >= 11 is 0. The molecule has 0 aliphatic carbocycles. The fourth-order valence-electron chi connectivity index (χ4n) is 1.71. The third kappa shape index (κ3) is 3.17. The highest BCUT2D eigenvalue weighted by Crippen LogP contribution is 2.19. The van der Waals surface area contributed by atoms with E-state index < -0.39 is 27.7 Å². The maximum absolute atomic E-state index is 13.0. The van der Waals surface area contributed by atoms with Gasteiger partial charge in [0, 0.05) is 38.3 Å². The van der Waals surface area contributed by atoms with Gasteiger partial charge in [-0.1, -0.05) is 0 Å². The number of piperazine rings is 1. The van der Waals surface area contributed by atoms with E-state index in [1.807, 2.05) is 4.72 Å². The van der Waals surface area contributed by atoms with E-state index in [2.05, 4.69) is 5.32 Å². The topological polar surface area (TPSA) is 61.4 Å². The summed E-state index contributed by atoms with van der Waals surface area (Å²) in [6.07, 6.45) is 0. The molecule has 0 amide bonds. The van der Waals surface area contributed by atoms with Crippen LogP contribution in [-0.2, 0) is 10.2 Å². The highest BCUT2D eigenvalue weighted by molar-refractivity contribution is 7.90. The molecule has 0 unspecified atom stereocenters. The molecule has 1 fully saturated rings. The first-order chi connectivity index (χ1) is 8.90. The Morgan fingerprint density at radius 3 is 2.16 bits per heavy atom. The Morgan fingerprint density at radius 1 is 1.11 bits per heavy atom. The molecule has 5 nitrogen and oxygen atoms in total. The summed E-state index contributed by atoms with van der Waals surface area (Å²) in [6.45, 7) is 1.49. The monoisotopic (exact) mass is 295 g/mol. The molecule has 0 saturated carbocycles. The molecule has 1 aromatic carbocycles. The van der Waals surface area contributed by atoms with Gasteiger partial charge >= 0.3 is 10.2 Å². The molecular weight excluding hydrogens is 283 g/mol. The van der Waals surface area contributed by atoms with Gasteiger partial charge < -0.3 is 5.32 Å². The van der Waals surface area contributed by atoms with Gasteiger partial charge in [-0.25, -0.2) is 13.2 Å². The Bertz CT molecular complexity index is 550. The van der Waals surface area contributed by atoms with E-state index in [1.54, 1.807) is 0 Å². The Balaban J connectivity index is 2.20. The summed E-state index contributed by atoms with van der Waals surface area (Å²) < 4.78 is 65.7.